The summed E-state index contributed by atoms with van der Waals surface area (Å²) in [7, 11) is 1.92. The van der Waals surface area contributed by atoms with Crippen LogP contribution in [0.1, 0.15) is 40.5 Å². The summed E-state index contributed by atoms with van der Waals surface area (Å²) in [6.45, 7) is 8.87. The van der Waals surface area contributed by atoms with Gasteiger partial charge in [-0.25, -0.2) is 0 Å². The van der Waals surface area contributed by atoms with Crippen LogP contribution in [0.15, 0.2) is 36.7 Å². The van der Waals surface area contributed by atoms with E-state index in [9.17, 15) is 0 Å². The fraction of sp³-hybridized carbons (Fsp3) is 0.476. The van der Waals surface area contributed by atoms with Crippen LogP contribution >= 0.6 is 11.3 Å². The first-order valence-corrected chi connectivity index (χ1v) is 10.4. The van der Waals surface area contributed by atoms with Crippen molar-refractivity contribution in [2.75, 3.05) is 0 Å². The summed E-state index contributed by atoms with van der Waals surface area (Å²) in [5.74, 6) is 0.589. The smallest absolute Gasteiger partial charge is 0.233 e. The van der Waals surface area contributed by atoms with Gasteiger partial charge in [0.2, 0.25) is 5.88 Å². The van der Waals surface area contributed by atoms with Gasteiger partial charge in [-0.1, -0.05) is 0 Å². The molecule has 1 aliphatic heterocycles. The van der Waals surface area contributed by atoms with Gasteiger partial charge in [0.05, 0.1) is 11.1 Å². The molecule has 0 aromatic carbocycles. The van der Waals surface area contributed by atoms with Gasteiger partial charge >= 0.3 is 0 Å². The van der Waals surface area contributed by atoms with E-state index in [4.69, 9.17) is 4.74 Å². The summed E-state index contributed by atoms with van der Waals surface area (Å²) >= 11 is 1.69. The van der Waals surface area contributed by atoms with Crippen molar-refractivity contribution in [1.29, 1.82) is 0 Å². The van der Waals surface area contributed by atoms with Crippen LogP contribution in [0.4, 0.5) is 0 Å². The third-order valence-electron chi connectivity index (χ3n) is 4.93. The van der Waals surface area contributed by atoms with Crippen molar-refractivity contribution in [1.82, 2.24) is 25.3 Å². The zero-order chi connectivity index (χ0) is 19.9. The van der Waals surface area contributed by atoms with Gasteiger partial charge in [0, 0.05) is 53.7 Å². The molecule has 1 saturated heterocycles. The standard InChI is InChI=1S/C21H27N5OS/c1-20(2)10-15(11-21(3,4)25-20)27-19-9-6-16(23-24-19)18-8-7-17(28-18)14-12-22-26(5)13-14/h6-9,12-13,15,25H,10-11H2,1-5H3. The van der Waals surface area contributed by atoms with Crippen molar-refractivity contribution in [3.05, 3.63) is 36.7 Å². The van der Waals surface area contributed by atoms with Crippen molar-refractivity contribution in [3.63, 3.8) is 0 Å². The normalized spacial score (nSPS) is 18.9. The van der Waals surface area contributed by atoms with E-state index in [0.29, 0.717) is 5.88 Å². The Morgan fingerprint density at radius 1 is 1.04 bits per heavy atom. The maximum atomic E-state index is 6.17. The largest absolute Gasteiger partial charge is 0.473 e. The van der Waals surface area contributed by atoms with Gasteiger partial charge in [0.25, 0.3) is 0 Å². The summed E-state index contributed by atoms with van der Waals surface area (Å²) in [5, 5.41) is 16.6. The molecule has 3 aromatic rings. The first-order valence-electron chi connectivity index (χ1n) is 9.58. The van der Waals surface area contributed by atoms with Crippen molar-refractivity contribution < 1.29 is 4.74 Å². The Morgan fingerprint density at radius 2 is 1.75 bits per heavy atom. The second kappa shape index (κ2) is 6.97. The molecule has 0 radical (unpaired) electrons. The molecule has 3 aromatic heterocycles. The lowest BCUT2D eigenvalue weighted by Gasteiger charge is -2.46. The summed E-state index contributed by atoms with van der Waals surface area (Å²) in [4.78, 5) is 2.26. The second-order valence-corrected chi connectivity index (χ2v) is 9.95. The Labute approximate surface area is 170 Å². The number of piperidine rings is 1. The summed E-state index contributed by atoms with van der Waals surface area (Å²) < 4.78 is 7.98. The van der Waals surface area contributed by atoms with Crippen LogP contribution in [0.25, 0.3) is 21.0 Å². The second-order valence-electron chi connectivity index (χ2n) is 8.86. The van der Waals surface area contributed by atoms with Crippen LogP contribution in [0.3, 0.4) is 0 Å². The van der Waals surface area contributed by atoms with E-state index in [1.54, 1.807) is 11.3 Å². The third kappa shape index (κ3) is 4.25. The van der Waals surface area contributed by atoms with Crippen molar-refractivity contribution in [2.24, 2.45) is 7.05 Å². The van der Waals surface area contributed by atoms with Crippen LogP contribution in [0, 0.1) is 0 Å². The minimum absolute atomic E-state index is 0.0411. The zero-order valence-corrected chi connectivity index (χ0v) is 17.9. The Hall–Kier alpha value is -2.25. The molecule has 28 heavy (non-hydrogen) atoms. The average molecular weight is 398 g/mol. The molecule has 1 N–H and O–H groups in total. The first-order chi connectivity index (χ1) is 13.2. The van der Waals surface area contributed by atoms with Gasteiger partial charge < -0.3 is 10.1 Å². The number of hydrogen-bond acceptors (Lipinski definition) is 6. The highest BCUT2D eigenvalue weighted by Gasteiger charge is 2.38. The molecule has 0 bridgehead atoms. The molecule has 0 unspecified atom stereocenters. The van der Waals surface area contributed by atoms with E-state index in [1.165, 1.54) is 4.88 Å². The third-order valence-corrected chi connectivity index (χ3v) is 6.08. The van der Waals surface area contributed by atoms with Crippen molar-refractivity contribution in [2.45, 2.75) is 57.7 Å². The molecule has 148 valence electrons. The summed E-state index contributed by atoms with van der Waals surface area (Å²) in [6, 6.07) is 8.09. The minimum Gasteiger partial charge on any atom is -0.473 e. The van der Waals surface area contributed by atoms with Gasteiger partial charge in [-0.15, -0.1) is 21.5 Å². The lowest BCUT2D eigenvalue weighted by molar-refractivity contribution is 0.0524. The summed E-state index contributed by atoms with van der Waals surface area (Å²) in [6.07, 6.45) is 5.91. The highest BCUT2D eigenvalue weighted by molar-refractivity contribution is 7.18. The van der Waals surface area contributed by atoms with Crippen LogP contribution in [-0.2, 0) is 7.05 Å². The van der Waals surface area contributed by atoms with Gasteiger partial charge in [0.1, 0.15) is 11.8 Å². The van der Waals surface area contributed by atoms with Crippen molar-refractivity contribution >= 4 is 11.3 Å². The Bertz CT molecular complexity index is 941. The maximum Gasteiger partial charge on any atom is 0.233 e. The Morgan fingerprint density at radius 3 is 2.36 bits per heavy atom. The van der Waals surface area contributed by atoms with Crippen LogP contribution in [0.2, 0.25) is 0 Å². The molecule has 4 rings (SSSR count). The predicted molar refractivity (Wildman–Crippen MR) is 112 cm³/mol. The molecule has 0 saturated carbocycles. The lowest BCUT2D eigenvalue weighted by Crippen LogP contribution is -2.60. The molecule has 0 atom stereocenters. The maximum absolute atomic E-state index is 6.17. The first kappa shape index (κ1) is 19.1. The van der Waals surface area contributed by atoms with E-state index < -0.39 is 0 Å². The molecule has 1 aliphatic rings. The number of aromatic nitrogens is 4. The Kier molecular flexibility index (Phi) is 4.75. The quantitative estimate of drug-likeness (QED) is 0.711. The van der Waals surface area contributed by atoms with Crippen molar-refractivity contribution in [3.8, 4) is 26.9 Å². The fourth-order valence-corrected chi connectivity index (χ4v) is 5.12. The number of nitrogens with zero attached hydrogens (tertiary/aromatic N) is 4. The average Bonchev–Trinajstić information content (AvgIpc) is 3.21. The number of rotatable bonds is 4. The molecule has 6 nitrogen and oxygen atoms in total. The molecular weight excluding hydrogens is 370 g/mol. The molecule has 0 amide bonds. The number of nitrogens with one attached hydrogen (secondary N) is 1. The van der Waals surface area contributed by atoms with E-state index in [0.717, 1.165) is 29.0 Å². The van der Waals surface area contributed by atoms with Crippen LogP contribution < -0.4 is 10.1 Å². The predicted octanol–water partition coefficient (Wildman–Crippen LogP) is 4.29. The van der Waals surface area contributed by atoms with Crippen LogP contribution in [-0.4, -0.2) is 37.2 Å². The van der Waals surface area contributed by atoms with Gasteiger partial charge in [0.15, 0.2) is 0 Å². The molecule has 0 aliphatic carbocycles. The van der Waals surface area contributed by atoms with E-state index >= 15 is 0 Å². The minimum atomic E-state index is 0.0411. The molecule has 4 heterocycles. The zero-order valence-electron chi connectivity index (χ0n) is 17.1. The monoisotopic (exact) mass is 397 g/mol. The topological polar surface area (TPSA) is 64.9 Å². The number of ether oxygens (including phenoxy) is 1. The Balaban J connectivity index is 1.46. The summed E-state index contributed by atoms with van der Waals surface area (Å²) in [5.41, 5.74) is 2.06. The van der Waals surface area contributed by atoms with E-state index in [-0.39, 0.29) is 17.2 Å². The van der Waals surface area contributed by atoms with Gasteiger partial charge in [-0.05, 0) is 45.9 Å². The van der Waals surface area contributed by atoms with Gasteiger partial charge in [-0.2, -0.15) is 5.10 Å². The van der Waals surface area contributed by atoms with E-state index in [2.05, 4.69) is 60.4 Å². The lowest BCUT2D eigenvalue weighted by atomic mass is 9.81. The van der Waals surface area contributed by atoms with Gasteiger partial charge in [-0.3, -0.25) is 4.68 Å². The fourth-order valence-electron chi connectivity index (χ4n) is 4.18. The molecular formula is C21H27N5OS. The highest BCUT2D eigenvalue weighted by Crippen LogP contribution is 2.34. The van der Waals surface area contributed by atoms with Crippen LogP contribution in [0.5, 0.6) is 5.88 Å². The number of thiophene rings is 1. The molecule has 1 fully saturated rings. The van der Waals surface area contributed by atoms with E-state index in [1.807, 2.05) is 36.3 Å². The SMILES string of the molecule is Cn1cc(-c2ccc(-c3ccc(OC4CC(C)(C)NC(C)(C)C4)nn3)s2)cn1. The molecule has 7 heteroatoms. The number of aryl methyl sites for hydroxylation is 1. The highest BCUT2D eigenvalue weighted by atomic mass is 32.1. The molecule has 0 spiro atoms. The number of hydrogen-bond donors (Lipinski definition) is 1.